The molecule has 1 unspecified atom stereocenters. The van der Waals surface area contributed by atoms with E-state index in [2.05, 4.69) is 12.2 Å². The number of nitrogens with one attached hydrogen (secondary N) is 1. The summed E-state index contributed by atoms with van der Waals surface area (Å²) in [5, 5.41) is 3.05. The second-order valence-electron chi connectivity index (χ2n) is 5.50. The summed E-state index contributed by atoms with van der Waals surface area (Å²) in [5.41, 5.74) is 5.56. The summed E-state index contributed by atoms with van der Waals surface area (Å²) in [4.78, 5) is 12.0. The molecule has 1 atom stereocenters. The third kappa shape index (κ3) is 4.12. The van der Waals surface area contributed by atoms with Crippen molar-refractivity contribution in [3.05, 3.63) is 0 Å². The van der Waals surface area contributed by atoms with Crippen LogP contribution in [0.1, 0.15) is 58.8 Å². The Morgan fingerprint density at radius 1 is 1.38 bits per heavy atom. The van der Waals surface area contributed by atoms with Crippen LogP contribution in [0, 0.1) is 5.41 Å². The standard InChI is InChI=1S/C13H26N2O/c1-11(14)7-6-10-15-12(16)13(2)8-4-3-5-9-13/h11H,3-10,14H2,1-2H3,(H,15,16). The van der Waals surface area contributed by atoms with Gasteiger partial charge >= 0.3 is 0 Å². The van der Waals surface area contributed by atoms with Crippen LogP contribution in [0.3, 0.4) is 0 Å². The van der Waals surface area contributed by atoms with Crippen molar-refractivity contribution in [3.63, 3.8) is 0 Å². The van der Waals surface area contributed by atoms with Crippen LogP contribution in [-0.4, -0.2) is 18.5 Å². The SMILES string of the molecule is CC(N)CCCNC(=O)C1(C)CCCCC1. The molecule has 1 saturated carbocycles. The Labute approximate surface area is 99.2 Å². The molecule has 0 aromatic heterocycles. The minimum Gasteiger partial charge on any atom is -0.356 e. The first-order valence-corrected chi connectivity index (χ1v) is 6.58. The van der Waals surface area contributed by atoms with Crippen molar-refractivity contribution < 1.29 is 4.79 Å². The van der Waals surface area contributed by atoms with Gasteiger partial charge in [-0.3, -0.25) is 4.79 Å². The lowest BCUT2D eigenvalue weighted by atomic mass is 9.75. The quantitative estimate of drug-likeness (QED) is 0.706. The highest BCUT2D eigenvalue weighted by atomic mass is 16.2. The summed E-state index contributed by atoms with van der Waals surface area (Å²) < 4.78 is 0. The van der Waals surface area contributed by atoms with E-state index < -0.39 is 0 Å². The van der Waals surface area contributed by atoms with E-state index in [1.807, 2.05) is 6.92 Å². The maximum absolute atomic E-state index is 12.0. The molecule has 1 aliphatic carbocycles. The van der Waals surface area contributed by atoms with Gasteiger partial charge in [-0.25, -0.2) is 0 Å². The van der Waals surface area contributed by atoms with Crippen LogP contribution in [0.25, 0.3) is 0 Å². The van der Waals surface area contributed by atoms with E-state index in [9.17, 15) is 4.79 Å². The average Bonchev–Trinajstić information content (AvgIpc) is 2.25. The van der Waals surface area contributed by atoms with E-state index in [1.54, 1.807) is 0 Å². The maximum atomic E-state index is 12.0. The van der Waals surface area contributed by atoms with E-state index in [4.69, 9.17) is 5.73 Å². The third-order valence-corrected chi connectivity index (χ3v) is 3.63. The highest BCUT2D eigenvalue weighted by Crippen LogP contribution is 2.35. The van der Waals surface area contributed by atoms with E-state index in [1.165, 1.54) is 19.3 Å². The lowest BCUT2D eigenvalue weighted by molar-refractivity contribution is -0.131. The summed E-state index contributed by atoms with van der Waals surface area (Å²) in [7, 11) is 0. The first kappa shape index (κ1) is 13.5. The smallest absolute Gasteiger partial charge is 0.225 e. The molecule has 1 rings (SSSR count). The zero-order valence-corrected chi connectivity index (χ0v) is 10.7. The molecule has 1 fully saturated rings. The van der Waals surface area contributed by atoms with Crippen LogP contribution >= 0.6 is 0 Å². The van der Waals surface area contributed by atoms with Gasteiger partial charge in [-0.1, -0.05) is 26.2 Å². The van der Waals surface area contributed by atoms with Crippen molar-refractivity contribution in [1.29, 1.82) is 0 Å². The third-order valence-electron chi connectivity index (χ3n) is 3.63. The van der Waals surface area contributed by atoms with Gasteiger partial charge in [0.2, 0.25) is 5.91 Å². The fourth-order valence-electron chi connectivity index (χ4n) is 2.40. The Morgan fingerprint density at radius 2 is 2.00 bits per heavy atom. The monoisotopic (exact) mass is 226 g/mol. The highest BCUT2D eigenvalue weighted by molar-refractivity contribution is 5.82. The number of amides is 1. The molecule has 3 nitrogen and oxygen atoms in total. The first-order valence-electron chi connectivity index (χ1n) is 6.58. The van der Waals surface area contributed by atoms with Crippen molar-refractivity contribution in [2.45, 2.75) is 64.8 Å². The molecule has 0 heterocycles. The summed E-state index contributed by atoms with van der Waals surface area (Å²) in [6.07, 6.45) is 7.75. The molecule has 3 N–H and O–H groups in total. The predicted molar refractivity (Wildman–Crippen MR) is 67.1 cm³/mol. The molecule has 0 aromatic rings. The minimum atomic E-state index is -0.105. The van der Waals surface area contributed by atoms with Crippen molar-refractivity contribution in [2.24, 2.45) is 11.1 Å². The van der Waals surface area contributed by atoms with E-state index >= 15 is 0 Å². The van der Waals surface area contributed by atoms with Crippen LogP contribution in [0.15, 0.2) is 0 Å². The molecule has 0 aliphatic heterocycles. The zero-order valence-electron chi connectivity index (χ0n) is 10.7. The van der Waals surface area contributed by atoms with Gasteiger partial charge in [0.15, 0.2) is 0 Å². The van der Waals surface area contributed by atoms with Crippen molar-refractivity contribution in [2.75, 3.05) is 6.54 Å². The Morgan fingerprint density at radius 3 is 2.56 bits per heavy atom. The summed E-state index contributed by atoms with van der Waals surface area (Å²) in [6.45, 7) is 4.88. The molecule has 3 heteroatoms. The Hall–Kier alpha value is -0.570. The average molecular weight is 226 g/mol. The van der Waals surface area contributed by atoms with Crippen molar-refractivity contribution in [3.8, 4) is 0 Å². The van der Waals surface area contributed by atoms with Gasteiger partial charge in [0.05, 0.1) is 0 Å². The van der Waals surface area contributed by atoms with E-state index in [0.29, 0.717) is 0 Å². The van der Waals surface area contributed by atoms with Gasteiger partial charge in [-0.15, -0.1) is 0 Å². The topological polar surface area (TPSA) is 55.1 Å². The van der Waals surface area contributed by atoms with Gasteiger partial charge in [0, 0.05) is 18.0 Å². The van der Waals surface area contributed by atoms with E-state index in [-0.39, 0.29) is 17.4 Å². The largest absolute Gasteiger partial charge is 0.356 e. The fourth-order valence-corrected chi connectivity index (χ4v) is 2.40. The second kappa shape index (κ2) is 6.24. The number of nitrogens with two attached hydrogens (primary N) is 1. The Kier molecular flexibility index (Phi) is 5.26. The van der Waals surface area contributed by atoms with Gasteiger partial charge in [0.1, 0.15) is 0 Å². The highest BCUT2D eigenvalue weighted by Gasteiger charge is 2.33. The van der Waals surface area contributed by atoms with Gasteiger partial charge < -0.3 is 11.1 Å². The molecule has 0 spiro atoms. The van der Waals surface area contributed by atoms with Gasteiger partial charge in [0.25, 0.3) is 0 Å². The van der Waals surface area contributed by atoms with Gasteiger partial charge in [-0.05, 0) is 32.6 Å². The maximum Gasteiger partial charge on any atom is 0.225 e. The molecule has 0 aromatic carbocycles. The zero-order chi connectivity index (χ0) is 12.0. The number of hydrogen-bond acceptors (Lipinski definition) is 2. The van der Waals surface area contributed by atoms with Crippen molar-refractivity contribution >= 4 is 5.91 Å². The molecule has 94 valence electrons. The Balaban J connectivity index is 2.23. The number of hydrogen-bond donors (Lipinski definition) is 2. The van der Waals surface area contributed by atoms with Crippen molar-refractivity contribution in [1.82, 2.24) is 5.32 Å². The molecular weight excluding hydrogens is 200 g/mol. The number of rotatable bonds is 5. The minimum absolute atomic E-state index is 0.105. The lowest BCUT2D eigenvalue weighted by Gasteiger charge is -2.32. The second-order valence-corrected chi connectivity index (χ2v) is 5.50. The molecule has 0 radical (unpaired) electrons. The summed E-state index contributed by atoms with van der Waals surface area (Å²) in [6, 6.07) is 0.238. The van der Waals surface area contributed by atoms with Crippen LogP contribution in [0.4, 0.5) is 0 Å². The number of carbonyl (C=O) groups is 1. The fraction of sp³-hybridized carbons (Fsp3) is 0.923. The van der Waals surface area contributed by atoms with Crippen LogP contribution in [-0.2, 0) is 4.79 Å². The normalized spacial score (nSPS) is 21.4. The Bertz CT molecular complexity index is 220. The molecule has 0 saturated heterocycles. The summed E-state index contributed by atoms with van der Waals surface area (Å²) in [5.74, 6) is 0.247. The molecular formula is C13H26N2O. The van der Waals surface area contributed by atoms with Crippen LogP contribution in [0.5, 0.6) is 0 Å². The molecule has 1 aliphatic rings. The lowest BCUT2D eigenvalue weighted by Crippen LogP contribution is -2.40. The van der Waals surface area contributed by atoms with Crippen LogP contribution < -0.4 is 11.1 Å². The van der Waals surface area contributed by atoms with E-state index in [0.717, 1.165) is 32.2 Å². The molecule has 1 amide bonds. The van der Waals surface area contributed by atoms with Gasteiger partial charge in [-0.2, -0.15) is 0 Å². The van der Waals surface area contributed by atoms with Crippen LogP contribution in [0.2, 0.25) is 0 Å². The molecule has 0 bridgehead atoms. The predicted octanol–water partition coefficient (Wildman–Crippen LogP) is 2.20. The molecule has 16 heavy (non-hydrogen) atoms. The summed E-state index contributed by atoms with van der Waals surface area (Å²) >= 11 is 0. The number of carbonyl (C=O) groups excluding carboxylic acids is 1. The first-order chi connectivity index (χ1) is 7.54.